The molecule has 0 bridgehead atoms. The zero-order chi connectivity index (χ0) is 19.0. The van der Waals surface area contributed by atoms with E-state index in [0.29, 0.717) is 0 Å². The molecule has 3 atom stereocenters. The lowest BCUT2D eigenvalue weighted by Gasteiger charge is -2.19. The van der Waals surface area contributed by atoms with Crippen molar-refractivity contribution in [3.05, 3.63) is 0 Å². The first kappa shape index (κ1) is 26.3. The lowest BCUT2D eigenvalue weighted by atomic mass is 10.1. The first-order chi connectivity index (χ1) is 10.8. The van der Waals surface area contributed by atoms with Gasteiger partial charge in [-0.2, -0.15) is 14.2 Å². The van der Waals surface area contributed by atoms with Gasteiger partial charge in [-0.05, 0) is 20.9 Å². The molecule has 0 aromatic heterocycles. The third kappa shape index (κ3) is 12.6. The molecule has 0 aliphatic heterocycles. The number of aliphatic hydroxyl groups is 2. The summed E-state index contributed by atoms with van der Waals surface area (Å²) in [6.45, 7) is 1.90. The molecule has 0 rings (SSSR count). The number of likely N-dealkylation sites (N-methyl/N-ethyl adjacent to an activating group) is 1. The van der Waals surface area contributed by atoms with Crippen LogP contribution in [0.25, 0.3) is 0 Å². The molecule has 0 saturated heterocycles. The fourth-order valence-electron chi connectivity index (χ4n) is 1.38. The maximum Gasteiger partial charge on any atom is 0.240 e. The lowest BCUT2D eigenvalue weighted by molar-refractivity contribution is -0.325. The zero-order valence-electron chi connectivity index (χ0n) is 14.1. The first-order valence-electron chi connectivity index (χ1n) is 6.68. The van der Waals surface area contributed by atoms with E-state index in [1.807, 2.05) is 0 Å². The van der Waals surface area contributed by atoms with Crippen molar-refractivity contribution in [2.24, 2.45) is 0 Å². The van der Waals surface area contributed by atoms with Gasteiger partial charge in [-0.3, -0.25) is 14.4 Å². The van der Waals surface area contributed by atoms with Crippen LogP contribution in [0.4, 0.5) is 0 Å². The quantitative estimate of drug-likeness (QED) is 0.293. The SMILES string of the molecule is CN[C@@H](CO)C(=O)NCC(=O)N[C@H](C(C)=O)[C@H](C)O.C[O-].C[O-]. The van der Waals surface area contributed by atoms with E-state index in [0.717, 1.165) is 14.2 Å². The van der Waals surface area contributed by atoms with Gasteiger partial charge in [0, 0.05) is 0 Å². The molecule has 138 valence electrons. The predicted molar refractivity (Wildman–Crippen MR) is 79.1 cm³/mol. The highest BCUT2D eigenvalue weighted by Gasteiger charge is 2.22. The fourth-order valence-corrected chi connectivity index (χ4v) is 1.38. The number of Topliss-reactive ketones (excluding diaryl/α,β-unsaturated/α-hetero) is 1. The van der Waals surface area contributed by atoms with E-state index in [1.54, 1.807) is 0 Å². The number of rotatable bonds is 8. The molecule has 10 nitrogen and oxygen atoms in total. The molecule has 0 unspecified atom stereocenters. The number of nitrogens with one attached hydrogen (secondary N) is 3. The normalized spacial score (nSPS) is 13.1. The minimum atomic E-state index is -1.01. The summed E-state index contributed by atoms with van der Waals surface area (Å²) >= 11 is 0. The summed E-state index contributed by atoms with van der Waals surface area (Å²) in [5.74, 6) is -1.50. The second-order valence-corrected chi connectivity index (χ2v) is 4.14. The molecule has 0 aliphatic rings. The Kier molecular flexibility index (Phi) is 19.2. The van der Waals surface area contributed by atoms with Crippen molar-refractivity contribution in [2.75, 3.05) is 34.4 Å². The molecule has 5 N–H and O–H groups in total. The van der Waals surface area contributed by atoms with E-state index >= 15 is 0 Å². The number of carbonyl (C=O) groups excluding carboxylic acids is 3. The van der Waals surface area contributed by atoms with E-state index in [9.17, 15) is 19.5 Å². The molecule has 0 radical (unpaired) electrons. The van der Waals surface area contributed by atoms with E-state index < -0.39 is 36.6 Å². The van der Waals surface area contributed by atoms with Gasteiger partial charge in [-0.25, -0.2) is 0 Å². The summed E-state index contributed by atoms with van der Waals surface area (Å²) in [7, 11) is 3.00. The highest BCUT2D eigenvalue weighted by atomic mass is 16.3. The van der Waals surface area contributed by atoms with Crippen LogP contribution in [0.1, 0.15) is 13.8 Å². The Labute approximate surface area is 135 Å². The van der Waals surface area contributed by atoms with Crippen LogP contribution in [0.3, 0.4) is 0 Å². The molecule has 0 aliphatic carbocycles. The molecule has 23 heavy (non-hydrogen) atoms. The Morgan fingerprint density at radius 2 is 1.61 bits per heavy atom. The molecular formula is C13H27N3O7-2. The van der Waals surface area contributed by atoms with Crippen LogP contribution < -0.4 is 26.2 Å². The second kappa shape index (κ2) is 16.8. The maximum atomic E-state index is 11.5. The van der Waals surface area contributed by atoms with E-state index in [-0.39, 0.29) is 12.3 Å². The Balaban J connectivity index is -0.000000919. The van der Waals surface area contributed by atoms with Crippen LogP contribution in [0.2, 0.25) is 0 Å². The highest BCUT2D eigenvalue weighted by molar-refractivity contribution is 5.91. The Morgan fingerprint density at radius 3 is 1.91 bits per heavy atom. The summed E-state index contributed by atoms with van der Waals surface area (Å²) in [5.41, 5.74) is 0. The van der Waals surface area contributed by atoms with Crippen molar-refractivity contribution in [1.82, 2.24) is 16.0 Å². The molecule has 2 amide bonds. The Morgan fingerprint density at radius 1 is 1.13 bits per heavy atom. The second-order valence-electron chi connectivity index (χ2n) is 4.14. The van der Waals surface area contributed by atoms with Crippen LogP contribution in [0.15, 0.2) is 0 Å². The van der Waals surface area contributed by atoms with Crippen molar-refractivity contribution in [3.63, 3.8) is 0 Å². The number of aliphatic hydroxyl groups excluding tert-OH is 2. The van der Waals surface area contributed by atoms with Gasteiger partial charge in [0.1, 0.15) is 12.1 Å². The number of carbonyl (C=O) groups is 3. The van der Waals surface area contributed by atoms with Crippen LogP contribution in [0, 0.1) is 0 Å². The van der Waals surface area contributed by atoms with Crippen molar-refractivity contribution in [3.8, 4) is 0 Å². The number of amides is 2. The molecule has 10 heteroatoms. The number of hydrogen-bond donors (Lipinski definition) is 5. The lowest BCUT2D eigenvalue weighted by Crippen LogP contribution is -2.52. The van der Waals surface area contributed by atoms with Crippen LogP contribution in [0.5, 0.6) is 0 Å². The van der Waals surface area contributed by atoms with Gasteiger partial charge < -0.3 is 36.4 Å². The summed E-state index contributed by atoms with van der Waals surface area (Å²) in [6.07, 6.45) is -1.01. The standard InChI is InChI=1S/C11H21N3O5.2CH3O/c1-6(16)10(7(2)17)14-9(18)4-13-11(19)8(5-15)12-3;2*1-2/h6,8,10,12,15-16H,4-5H2,1-3H3,(H,13,19)(H,14,18);2*1H3/q;2*-1/t6-,8-,10-;;/m0../s1. The molecule has 0 saturated carbocycles. The maximum absolute atomic E-state index is 11.5. The Bertz CT molecular complexity index is 334. The van der Waals surface area contributed by atoms with Crippen LogP contribution in [-0.2, 0) is 14.4 Å². The minimum absolute atomic E-state index is 0.340. The average Bonchev–Trinajstić information content (AvgIpc) is 2.55. The van der Waals surface area contributed by atoms with Gasteiger partial charge in [0.25, 0.3) is 0 Å². The monoisotopic (exact) mass is 337 g/mol. The van der Waals surface area contributed by atoms with Crippen LogP contribution >= 0.6 is 0 Å². The third-order valence-corrected chi connectivity index (χ3v) is 2.51. The van der Waals surface area contributed by atoms with Crippen molar-refractivity contribution < 1.29 is 34.8 Å². The van der Waals surface area contributed by atoms with Crippen LogP contribution in [-0.4, -0.2) is 80.4 Å². The average molecular weight is 337 g/mol. The largest absolute Gasteiger partial charge is 0.857 e. The molecule has 0 heterocycles. The summed E-state index contributed by atoms with van der Waals surface area (Å²) in [4.78, 5) is 34.1. The smallest absolute Gasteiger partial charge is 0.240 e. The number of hydrogen-bond acceptors (Lipinski definition) is 8. The van der Waals surface area contributed by atoms with E-state index in [1.165, 1.54) is 20.9 Å². The summed E-state index contributed by atoms with van der Waals surface area (Å²) in [6, 6.07) is -1.80. The van der Waals surface area contributed by atoms with E-state index in [2.05, 4.69) is 16.0 Å². The molecule has 0 fully saturated rings. The third-order valence-electron chi connectivity index (χ3n) is 2.51. The molecule has 0 aromatic rings. The zero-order valence-corrected chi connectivity index (χ0v) is 14.1. The van der Waals surface area contributed by atoms with Gasteiger partial charge in [0.05, 0.1) is 19.3 Å². The van der Waals surface area contributed by atoms with Gasteiger partial charge in [-0.15, -0.1) is 0 Å². The molecule has 0 spiro atoms. The molecular weight excluding hydrogens is 310 g/mol. The fraction of sp³-hybridized carbons (Fsp3) is 0.769. The van der Waals surface area contributed by atoms with Crippen molar-refractivity contribution >= 4 is 17.6 Å². The highest BCUT2D eigenvalue weighted by Crippen LogP contribution is 1.94. The minimum Gasteiger partial charge on any atom is -0.857 e. The van der Waals surface area contributed by atoms with Crippen molar-refractivity contribution in [2.45, 2.75) is 32.0 Å². The first-order valence-corrected chi connectivity index (χ1v) is 6.68. The van der Waals surface area contributed by atoms with Gasteiger partial charge >= 0.3 is 0 Å². The molecule has 0 aromatic carbocycles. The predicted octanol–water partition coefficient (Wildman–Crippen LogP) is -4.91. The Hall–Kier alpha value is -1.59. The topological polar surface area (TPSA) is 174 Å². The van der Waals surface area contributed by atoms with Gasteiger partial charge in [0.15, 0.2) is 5.78 Å². The summed E-state index contributed by atoms with van der Waals surface area (Å²) < 4.78 is 0. The number of ketones is 1. The summed E-state index contributed by atoms with van der Waals surface area (Å²) in [5, 5.41) is 41.8. The van der Waals surface area contributed by atoms with E-state index in [4.69, 9.17) is 15.3 Å². The van der Waals surface area contributed by atoms with Gasteiger partial charge in [0.2, 0.25) is 11.8 Å². The van der Waals surface area contributed by atoms with Gasteiger partial charge in [-0.1, -0.05) is 0 Å². The van der Waals surface area contributed by atoms with Crippen molar-refractivity contribution in [1.29, 1.82) is 0 Å².